The van der Waals surface area contributed by atoms with Gasteiger partial charge in [-0.1, -0.05) is 48.5 Å². The van der Waals surface area contributed by atoms with Crippen LogP contribution < -0.4 is 5.56 Å². The molecular weight excluding hydrogens is 364 g/mol. The summed E-state index contributed by atoms with van der Waals surface area (Å²) in [6, 6.07) is 17.9. The summed E-state index contributed by atoms with van der Waals surface area (Å²) in [5.74, 6) is -0.0258. The van der Waals surface area contributed by atoms with Crippen LogP contribution in [0.25, 0.3) is 10.9 Å². The van der Waals surface area contributed by atoms with Gasteiger partial charge in [-0.2, -0.15) is 0 Å². The number of benzene rings is 2. The van der Waals surface area contributed by atoms with E-state index in [4.69, 9.17) is 4.74 Å². The molecule has 0 bridgehead atoms. The minimum atomic E-state index is -0.396. The average molecular weight is 390 g/mol. The Morgan fingerprint density at radius 1 is 1.17 bits per heavy atom. The van der Waals surface area contributed by atoms with Crippen molar-refractivity contribution in [1.29, 1.82) is 0 Å². The van der Waals surface area contributed by atoms with Gasteiger partial charge >= 0.3 is 0 Å². The summed E-state index contributed by atoms with van der Waals surface area (Å²) < 4.78 is 5.62. The van der Waals surface area contributed by atoms with Crippen molar-refractivity contribution in [3.8, 4) is 0 Å². The first-order valence-electron chi connectivity index (χ1n) is 10.2. The number of nitrogens with zero attached hydrogens (tertiary/aromatic N) is 1. The highest BCUT2D eigenvalue weighted by molar-refractivity contribution is 5.83. The van der Waals surface area contributed by atoms with Crippen molar-refractivity contribution >= 4 is 16.8 Å². The van der Waals surface area contributed by atoms with Crippen molar-refractivity contribution in [2.45, 2.75) is 38.8 Å². The molecule has 29 heavy (non-hydrogen) atoms. The van der Waals surface area contributed by atoms with Gasteiger partial charge in [0.05, 0.1) is 12.1 Å². The minimum Gasteiger partial charge on any atom is -0.368 e. The Hall–Kier alpha value is -2.92. The van der Waals surface area contributed by atoms with E-state index in [1.54, 1.807) is 4.90 Å². The summed E-state index contributed by atoms with van der Waals surface area (Å²) in [7, 11) is 0. The molecule has 1 saturated heterocycles. The summed E-state index contributed by atoms with van der Waals surface area (Å²) in [4.78, 5) is 30.6. The quantitative estimate of drug-likeness (QED) is 0.700. The fraction of sp³-hybridized carbons (Fsp3) is 0.333. The van der Waals surface area contributed by atoms with E-state index in [1.165, 1.54) is 5.56 Å². The Morgan fingerprint density at radius 3 is 2.76 bits per heavy atom. The first-order chi connectivity index (χ1) is 14.1. The SMILES string of the molecule is Cc1cccc2cc(CN(CCc3ccccc3)C(=O)[C@H]3CCCO3)c(=O)[nH]c12. The zero-order valence-electron chi connectivity index (χ0n) is 16.7. The largest absolute Gasteiger partial charge is 0.368 e. The number of aromatic amines is 1. The number of carbonyl (C=O) groups is 1. The molecule has 1 amide bonds. The first kappa shape index (κ1) is 19.4. The van der Waals surface area contributed by atoms with Gasteiger partial charge in [-0.25, -0.2) is 0 Å². The van der Waals surface area contributed by atoms with Crippen molar-refractivity contribution in [1.82, 2.24) is 9.88 Å². The van der Waals surface area contributed by atoms with Crippen molar-refractivity contribution in [2.24, 2.45) is 0 Å². The summed E-state index contributed by atoms with van der Waals surface area (Å²) in [6.07, 6.45) is 1.99. The predicted molar refractivity (Wildman–Crippen MR) is 114 cm³/mol. The number of rotatable bonds is 6. The summed E-state index contributed by atoms with van der Waals surface area (Å²) in [5, 5.41) is 0.979. The Morgan fingerprint density at radius 2 is 2.00 bits per heavy atom. The fourth-order valence-corrected chi connectivity index (χ4v) is 3.90. The van der Waals surface area contributed by atoms with Gasteiger partial charge in [-0.15, -0.1) is 0 Å². The molecule has 150 valence electrons. The topological polar surface area (TPSA) is 62.4 Å². The zero-order valence-corrected chi connectivity index (χ0v) is 16.7. The maximum absolute atomic E-state index is 13.1. The molecule has 5 nitrogen and oxygen atoms in total. The van der Waals surface area contributed by atoms with E-state index in [2.05, 4.69) is 17.1 Å². The van der Waals surface area contributed by atoms with Gasteiger partial charge in [0.2, 0.25) is 0 Å². The lowest BCUT2D eigenvalue weighted by Gasteiger charge is -2.25. The first-order valence-corrected chi connectivity index (χ1v) is 10.2. The second-order valence-electron chi connectivity index (χ2n) is 7.66. The number of carbonyl (C=O) groups excluding carboxylic acids is 1. The second-order valence-corrected chi connectivity index (χ2v) is 7.66. The van der Waals surface area contributed by atoms with Gasteiger partial charge in [0.25, 0.3) is 11.5 Å². The molecule has 0 radical (unpaired) electrons. The molecule has 1 fully saturated rings. The third-order valence-electron chi connectivity index (χ3n) is 5.56. The fourth-order valence-electron chi connectivity index (χ4n) is 3.90. The van der Waals surface area contributed by atoms with Crippen molar-refractivity contribution < 1.29 is 9.53 Å². The van der Waals surface area contributed by atoms with Crippen molar-refractivity contribution in [2.75, 3.05) is 13.2 Å². The van der Waals surface area contributed by atoms with E-state index in [1.807, 2.05) is 49.4 Å². The number of hydrogen-bond acceptors (Lipinski definition) is 3. The number of pyridine rings is 1. The van der Waals surface area contributed by atoms with Crippen molar-refractivity contribution in [3.05, 3.63) is 81.6 Å². The third kappa shape index (κ3) is 4.40. The van der Waals surface area contributed by atoms with Gasteiger partial charge in [0.15, 0.2) is 0 Å². The number of H-pyrrole nitrogens is 1. The molecule has 1 aliphatic rings. The number of aryl methyl sites for hydroxylation is 1. The number of aromatic nitrogens is 1. The van der Waals surface area contributed by atoms with Crippen LogP contribution in [-0.2, 0) is 22.5 Å². The van der Waals surface area contributed by atoms with Crippen molar-refractivity contribution in [3.63, 3.8) is 0 Å². The lowest BCUT2D eigenvalue weighted by molar-refractivity contribution is -0.141. The van der Waals surface area contributed by atoms with Crippen LogP contribution in [0.4, 0.5) is 0 Å². The van der Waals surface area contributed by atoms with Crippen LogP contribution in [0.15, 0.2) is 59.4 Å². The third-order valence-corrected chi connectivity index (χ3v) is 5.56. The molecule has 0 saturated carbocycles. The predicted octanol–water partition coefficient (Wildman–Crippen LogP) is 3.59. The van der Waals surface area contributed by atoms with E-state index >= 15 is 0 Å². The molecule has 0 unspecified atom stereocenters. The number of hydrogen-bond donors (Lipinski definition) is 1. The summed E-state index contributed by atoms with van der Waals surface area (Å²) in [5.41, 5.74) is 3.50. The van der Waals surface area contributed by atoms with Gasteiger partial charge in [-0.05, 0) is 48.8 Å². The molecule has 3 aromatic rings. The molecular formula is C24H26N2O3. The van der Waals surface area contributed by atoms with E-state index in [0.717, 1.165) is 35.7 Å². The number of ether oxygens (including phenoxy) is 1. The number of fused-ring (bicyclic) bond motifs is 1. The van der Waals surface area contributed by atoms with Crippen LogP contribution >= 0.6 is 0 Å². The number of amides is 1. The maximum Gasteiger partial charge on any atom is 0.253 e. The molecule has 1 N–H and O–H groups in total. The Kier molecular flexibility index (Phi) is 5.76. The Labute approximate surface area is 170 Å². The van der Waals surface area contributed by atoms with Crippen LogP contribution in [0.2, 0.25) is 0 Å². The van der Waals surface area contributed by atoms with E-state index in [9.17, 15) is 9.59 Å². The monoisotopic (exact) mass is 390 g/mol. The smallest absolute Gasteiger partial charge is 0.253 e. The molecule has 0 spiro atoms. The highest BCUT2D eigenvalue weighted by atomic mass is 16.5. The van der Waals surface area contributed by atoms with Gasteiger partial charge < -0.3 is 14.6 Å². The highest BCUT2D eigenvalue weighted by Gasteiger charge is 2.28. The number of para-hydroxylation sites is 1. The molecule has 2 aromatic carbocycles. The molecule has 1 aromatic heterocycles. The molecule has 1 aliphatic heterocycles. The van der Waals surface area contributed by atoms with E-state index < -0.39 is 6.10 Å². The van der Waals surface area contributed by atoms with E-state index in [-0.39, 0.29) is 18.0 Å². The maximum atomic E-state index is 13.1. The Bertz CT molecular complexity index is 1050. The standard InChI is InChI=1S/C24H26N2O3/c1-17-7-5-10-19-15-20(23(27)25-22(17)19)16-26(24(28)21-11-6-14-29-21)13-12-18-8-3-2-4-9-18/h2-5,7-10,15,21H,6,11-14,16H2,1H3,(H,25,27)/t21-/m1/s1. The van der Waals surface area contributed by atoms with Gasteiger partial charge in [0, 0.05) is 18.7 Å². The lowest BCUT2D eigenvalue weighted by atomic mass is 10.1. The second kappa shape index (κ2) is 8.62. The normalized spacial score (nSPS) is 16.2. The van der Waals surface area contributed by atoms with E-state index in [0.29, 0.717) is 18.7 Å². The lowest BCUT2D eigenvalue weighted by Crippen LogP contribution is -2.40. The minimum absolute atomic E-state index is 0.0258. The highest BCUT2D eigenvalue weighted by Crippen LogP contribution is 2.19. The van der Waals surface area contributed by atoms with Crippen LogP contribution in [0.5, 0.6) is 0 Å². The van der Waals surface area contributed by atoms with Gasteiger partial charge in [-0.3, -0.25) is 9.59 Å². The molecule has 0 aliphatic carbocycles. The zero-order chi connectivity index (χ0) is 20.2. The Balaban J connectivity index is 1.60. The molecule has 4 rings (SSSR count). The van der Waals surface area contributed by atoms with Crippen LogP contribution in [0.1, 0.15) is 29.5 Å². The number of nitrogens with one attached hydrogen (secondary N) is 1. The van der Waals surface area contributed by atoms with Crippen LogP contribution in [-0.4, -0.2) is 35.0 Å². The average Bonchev–Trinajstić information content (AvgIpc) is 3.27. The molecule has 5 heteroatoms. The van der Waals surface area contributed by atoms with Gasteiger partial charge in [0.1, 0.15) is 6.10 Å². The van der Waals surface area contributed by atoms with Crippen LogP contribution in [0, 0.1) is 6.92 Å². The molecule has 2 heterocycles. The summed E-state index contributed by atoms with van der Waals surface area (Å²) >= 11 is 0. The molecule has 1 atom stereocenters. The summed E-state index contributed by atoms with van der Waals surface area (Å²) in [6.45, 7) is 3.43. The van der Waals surface area contributed by atoms with Crippen LogP contribution in [0.3, 0.4) is 0 Å².